The highest BCUT2D eigenvalue weighted by molar-refractivity contribution is 8.18. The summed E-state index contributed by atoms with van der Waals surface area (Å²) < 4.78 is 23.5. The fraction of sp³-hybridized carbons (Fsp3) is 0.150. The van der Waals surface area contributed by atoms with Crippen LogP contribution in [-0.4, -0.2) is 46.9 Å². The Morgan fingerprint density at radius 3 is 2.55 bits per heavy atom. The van der Waals surface area contributed by atoms with Crippen molar-refractivity contribution in [2.24, 2.45) is 0 Å². The predicted octanol–water partition coefficient (Wildman–Crippen LogP) is 3.40. The molecule has 0 spiro atoms. The summed E-state index contributed by atoms with van der Waals surface area (Å²) in [5.41, 5.74) is 0.488. The number of nitrogens with zero attached hydrogens (tertiary/aromatic N) is 1. The number of carbonyl (C=O) groups excluding carboxylic acids is 2. The summed E-state index contributed by atoms with van der Waals surface area (Å²) in [6.45, 7) is -0.418. The van der Waals surface area contributed by atoms with E-state index in [4.69, 9.17) is 14.6 Å². The van der Waals surface area contributed by atoms with Gasteiger partial charge in [-0.2, -0.15) is 0 Å². The van der Waals surface area contributed by atoms with Crippen LogP contribution in [-0.2, 0) is 9.59 Å². The molecule has 3 rings (SSSR count). The van der Waals surface area contributed by atoms with Crippen LogP contribution in [0.5, 0.6) is 11.5 Å². The van der Waals surface area contributed by atoms with Crippen molar-refractivity contribution >= 4 is 35.0 Å². The number of hydrogen-bond acceptors (Lipinski definition) is 6. The first-order chi connectivity index (χ1) is 13.9. The van der Waals surface area contributed by atoms with Crippen molar-refractivity contribution in [2.45, 2.75) is 0 Å². The van der Waals surface area contributed by atoms with Gasteiger partial charge in [0, 0.05) is 5.56 Å². The molecule has 2 amide bonds. The number of thioether (sulfide) groups is 1. The zero-order valence-corrected chi connectivity index (χ0v) is 15.9. The van der Waals surface area contributed by atoms with Gasteiger partial charge in [0.25, 0.3) is 11.1 Å². The first kappa shape index (κ1) is 20.4. The van der Waals surface area contributed by atoms with E-state index in [1.807, 2.05) is 0 Å². The van der Waals surface area contributed by atoms with E-state index in [-0.39, 0.29) is 23.9 Å². The average Bonchev–Trinajstić information content (AvgIpc) is 2.96. The maximum Gasteiger partial charge on any atom is 0.341 e. The second kappa shape index (κ2) is 9.24. The lowest BCUT2D eigenvalue weighted by atomic mass is 10.2. The van der Waals surface area contributed by atoms with Crippen molar-refractivity contribution in [1.29, 1.82) is 0 Å². The van der Waals surface area contributed by atoms with Crippen LogP contribution in [0.3, 0.4) is 0 Å². The van der Waals surface area contributed by atoms with Crippen LogP contribution in [0.2, 0.25) is 0 Å². The van der Waals surface area contributed by atoms with Crippen LogP contribution in [0.1, 0.15) is 5.56 Å². The van der Waals surface area contributed by atoms with Crippen molar-refractivity contribution in [3.8, 4) is 11.5 Å². The molecule has 0 unspecified atom stereocenters. The Labute approximate surface area is 169 Å². The van der Waals surface area contributed by atoms with Gasteiger partial charge < -0.3 is 14.6 Å². The Kier molecular flexibility index (Phi) is 6.50. The molecule has 2 aromatic rings. The zero-order valence-electron chi connectivity index (χ0n) is 15.0. The summed E-state index contributed by atoms with van der Waals surface area (Å²) in [6, 6.07) is 12.0. The fourth-order valence-corrected chi connectivity index (χ4v) is 3.35. The van der Waals surface area contributed by atoms with Gasteiger partial charge in [-0.05, 0) is 48.2 Å². The number of ether oxygens (including phenoxy) is 2. The standard InChI is InChI=1S/C20H16FNO6S/c21-14-5-7-15(8-6-14)27-10-9-22-19(25)17(29-20(22)26)11-13-3-1-2-4-16(13)28-12-18(23)24/h1-8,11H,9-10,12H2,(H,23,24)/b17-11-. The van der Waals surface area contributed by atoms with E-state index in [2.05, 4.69) is 0 Å². The molecule has 150 valence electrons. The van der Waals surface area contributed by atoms with Gasteiger partial charge in [-0.1, -0.05) is 18.2 Å². The minimum atomic E-state index is -1.12. The Bertz CT molecular complexity index is 960. The van der Waals surface area contributed by atoms with E-state index in [9.17, 15) is 18.8 Å². The fourth-order valence-electron chi connectivity index (χ4n) is 2.49. The molecule has 1 N–H and O–H groups in total. The Hall–Kier alpha value is -3.33. The molecule has 0 radical (unpaired) electrons. The number of carbonyl (C=O) groups is 3. The maximum absolute atomic E-state index is 12.9. The van der Waals surface area contributed by atoms with Crippen molar-refractivity contribution in [3.63, 3.8) is 0 Å². The number of carboxylic acids is 1. The van der Waals surface area contributed by atoms with E-state index < -0.39 is 23.7 Å². The highest BCUT2D eigenvalue weighted by Crippen LogP contribution is 2.33. The molecule has 1 heterocycles. The molecular formula is C20H16FNO6S. The lowest BCUT2D eigenvalue weighted by molar-refractivity contribution is -0.139. The Balaban J connectivity index is 1.65. The molecule has 29 heavy (non-hydrogen) atoms. The normalized spacial score (nSPS) is 15.1. The second-order valence-corrected chi connectivity index (χ2v) is 6.85. The number of amides is 2. The molecule has 1 saturated heterocycles. The van der Waals surface area contributed by atoms with Crippen LogP contribution >= 0.6 is 11.8 Å². The van der Waals surface area contributed by atoms with Gasteiger partial charge >= 0.3 is 5.97 Å². The summed E-state index contributed by atoms with van der Waals surface area (Å²) in [6.07, 6.45) is 1.49. The maximum atomic E-state index is 12.9. The van der Waals surface area contributed by atoms with Gasteiger partial charge in [0.1, 0.15) is 23.9 Å². The number of hydrogen-bond donors (Lipinski definition) is 1. The van der Waals surface area contributed by atoms with E-state index in [0.717, 1.165) is 16.7 Å². The molecule has 1 fully saturated rings. The van der Waals surface area contributed by atoms with Crippen LogP contribution < -0.4 is 9.47 Å². The van der Waals surface area contributed by atoms with Crippen LogP contribution in [0.4, 0.5) is 9.18 Å². The first-order valence-corrected chi connectivity index (χ1v) is 9.33. The number of benzene rings is 2. The molecule has 7 nitrogen and oxygen atoms in total. The van der Waals surface area contributed by atoms with Gasteiger partial charge in [0.05, 0.1) is 11.4 Å². The number of imide groups is 1. The average molecular weight is 417 g/mol. The Morgan fingerprint density at radius 1 is 1.10 bits per heavy atom. The summed E-state index contributed by atoms with van der Waals surface area (Å²) >= 11 is 0.779. The van der Waals surface area contributed by atoms with E-state index in [1.54, 1.807) is 24.3 Å². The number of para-hydroxylation sites is 1. The summed E-state index contributed by atoms with van der Waals surface area (Å²) in [7, 11) is 0. The minimum absolute atomic E-state index is 0.0382. The predicted molar refractivity (Wildman–Crippen MR) is 104 cm³/mol. The van der Waals surface area contributed by atoms with Gasteiger partial charge in [-0.25, -0.2) is 9.18 Å². The molecule has 0 bridgehead atoms. The molecule has 0 aliphatic carbocycles. The van der Waals surface area contributed by atoms with Gasteiger partial charge in [-0.3, -0.25) is 14.5 Å². The molecule has 0 atom stereocenters. The van der Waals surface area contributed by atoms with Crippen molar-refractivity contribution in [3.05, 3.63) is 64.8 Å². The molecule has 1 aliphatic heterocycles. The van der Waals surface area contributed by atoms with Crippen LogP contribution in [0, 0.1) is 5.82 Å². The smallest absolute Gasteiger partial charge is 0.341 e. The first-order valence-electron chi connectivity index (χ1n) is 8.51. The highest BCUT2D eigenvalue weighted by Gasteiger charge is 2.35. The molecule has 2 aromatic carbocycles. The topological polar surface area (TPSA) is 93.1 Å². The lowest BCUT2D eigenvalue weighted by Gasteiger charge is -2.13. The van der Waals surface area contributed by atoms with Crippen molar-refractivity contribution in [1.82, 2.24) is 4.90 Å². The van der Waals surface area contributed by atoms with Crippen LogP contribution in [0.25, 0.3) is 6.08 Å². The number of aliphatic carboxylic acids is 1. The molecule has 0 aromatic heterocycles. The molecule has 1 aliphatic rings. The summed E-state index contributed by atoms with van der Waals surface area (Å²) in [5.74, 6) is -1.27. The zero-order chi connectivity index (χ0) is 20.8. The van der Waals surface area contributed by atoms with Crippen molar-refractivity contribution < 1.29 is 33.4 Å². The largest absolute Gasteiger partial charge is 0.492 e. The van der Waals surface area contributed by atoms with E-state index in [1.165, 1.54) is 30.3 Å². The SMILES string of the molecule is O=C(O)COc1ccccc1/C=C1\SC(=O)N(CCOc2ccc(F)cc2)C1=O. The minimum Gasteiger partial charge on any atom is -0.492 e. The summed E-state index contributed by atoms with van der Waals surface area (Å²) in [4.78, 5) is 36.7. The van der Waals surface area contributed by atoms with Gasteiger partial charge in [0.2, 0.25) is 0 Å². The van der Waals surface area contributed by atoms with Crippen molar-refractivity contribution in [2.75, 3.05) is 19.8 Å². The lowest BCUT2D eigenvalue weighted by Crippen LogP contribution is -2.32. The third-order valence-electron chi connectivity index (χ3n) is 3.83. The van der Waals surface area contributed by atoms with E-state index >= 15 is 0 Å². The monoisotopic (exact) mass is 417 g/mol. The van der Waals surface area contributed by atoms with Gasteiger partial charge in [0.15, 0.2) is 6.61 Å². The second-order valence-electron chi connectivity index (χ2n) is 5.86. The third kappa shape index (κ3) is 5.35. The van der Waals surface area contributed by atoms with E-state index in [0.29, 0.717) is 17.1 Å². The molecule has 9 heteroatoms. The number of carboxylic acid groups (broad SMARTS) is 1. The summed E-state index contributed by atoms with van der Waals surface area (Å²) in [5, 5.41) is 8.32. The number of rotatable bonds is 8. The third-order valence-corrected chi connectivity index (χ3v) is 4.73. The molecular weight excluding hydrogens is 401 g/mol. The quantitative estimate of drug-likeness (QED) is 0.658. The molecule has 0 saturated carbocycles. The number of halogens is 1. The Morgan fingerprint density at radius 2 is 1.83 bits per heavy atom. The van der Waals surface area contributed by atoms with Crippen LogP contribution in [0.15, 0.2) is 53.4 Å². The highest BCUT2D eigenvalue weighted by atomic mass is 32.2. The van der Waals surface area contributed by atoms with Gasteiger partial charge in [-0.15, -0.1) is 0 Å².